The minimum absolute atomic E-state index is 0.00832. The lowest BCUT2D eigenvalue weighted by molar-refractivity contribution is -0.127. The third-order valence-corrected chi connectivity index (χ3v) is 4.67. The van der Waals surface area contributed by atoms with E-state index in [1.807, 2.05) is 25.1 Å². The van der Waals surface area contributed by atoms with Gasteiger partial charge in [0.2, 0.25) is 11.8 Å². The van der Waals surface area contributed by atoms with Gasteiger partial charge >= 0.3 is 0 Å². The highest BCUT2D eigenvalue weighted by atomic mass is 16.2. The third kappa shape index (κ3) is 7.16. The van der Waals surface area contributed by atoms with Crippen LogP contribution in [0.25, 0.3) is 0 Å². The fourth-order valence-electron chi connectivity index (χ4n) is 3.22. The van der Waals surface area contributed by atoms with Gasteiger partial charge in [0.25, 0.3) is 0 Å². The predicted molar refractivity (Wildman–Crippen MR) is 96.6 cm³/mol. The number of aryl methyl sites for hydroxylation is 1. The van der Waals surface area contributed by atoms with E-state index in [-0.39, 0.29) is 30.7 Å². The topological polar surface area (TPSA) is 58.2 Å². The highest BCUT2D eigenvalue weighted by Crippen LogP contribution is 2.17. The van der Waals surface area contributed by atoms with Gasteiger partial charge < -0.3 is 10.6 Å². The summed E-state index contributed by atoms with van der Waals surface area (Å²) in [6, 6.07) is 10.7. The zero-order valence-corrected chi connectivity index (χ0v) is 14.7. The molecule has 1 atom stereocenters. The van der Waals surface area contributed by atoms with Crippen molar-refractivity contribution < 1.29 is 9.59 Å². The smallest absolute Gasteiger partial charge is 0.220 e. The average Bonchev–Trinajstić information content (AvgIpc) is 2.60. The second kappa shape index (κ2) is 10.1. The fraction of sp³-hybridized carbons (Fsp3) is 0.600. The van der Waals surface area contributed by atoms with Crippen molar-refractivity contribution in [2.75, 3.05) is 0 Å². The first-order chi connectivity index (χ1) is 11.6. The maximum atomic E-state index is 12.0. The van der Waals surface area contributed by atoms with Gasteiger partial charge in [0.05, 0.1) is 0 Å². The molecular formula is C20H30N2O2. The van der Waals surface area contributed by atoms with Crippen molar-refractivity contribution in [3.05, 3.63) is 35.9 Å². The Labute approximate surface area is 145 Å². The summed E-state index contributed by atoms with van der Waals surface area (Å²) < 4.78 is 0. The number of rotatable bonds is 8. The standard InChI is InChI=1S/C20H30N2O2/c1-16(12-13-17-8-4-2-5-9-17)21-19(23)14-15-20(24)22-18-10-6-3-7-11-18/h2,4-5,8-9,16,18H,3,6-7,10-15H2,1H3,(H,21,23)(H,22,24)/t16-/m0/s1. The molecule has 0 heterocycles. The minimum atomic E-state index is -0.0330. The van der Waals surface area contributed by atoms with Crippen LogP contribution in [0.15, 0.2) is 30.3 Å². The van der Waals surface area contributed by atoms with E-state index in [0.717, 1.165) is 25.7 Å². The first-order valence-corrected chi connectivity index (χ1v) is 9.26. The summed E-state index contributed by atoms with van der Waals surface area (Å²) in [5, 5.41) is 6.05. The summed E-state index contributed by atoms with van der Waals surface area (Å²) in [6.45, 7) is 2.02. The predicted octanol–water partition coefficient (Wildman–Crippen LogP) is 3.35. The van der Waals surface area contributed by atoms with Crippen molar-refractivity contribution in [3.63, 3.8) is 0 Å². The molecule has 1 fully saturated rings. The highest BCUT2D eigenvalue weighted by molar-refractivity contribution is 5.83. The summed E-state index contributed by atoms with van der Waals surface area (Å²) in [4.78, 5) is 23.9. The van der Waals surface area contributed by atoms with Gasteiger partial charge in [0, 0.05) is 24.9 Å². The molecule has 0 saturated heterocycles. The van der Waals surface area contributed by atoms with Gasteiger partial charge in [-0.1, -0.05) is 49.6 Å². The third-order valence-electron chi connectivity index (χ3n) is 4.67. The molecule has 0 bridgehead atoms. The van der Waals surface area contributed by atoms with Crippen LogP contribution in [-0.2, 0) is 16.0 Å². The van der Waals surface area contributed by atoms with E-state index < -0.39 is 0 Å². The van der Waals surface area contributed by atoms with Crippen molar-refractivity contribution in [1.82, 2.24) is 10.6 Å². The molecule has 1 aliphatic carbocycles. The van der Waals surface area contributed by atoms with Crippen LogP contribution in [0.4, 0.5) is 0 Å². The normalized spacial score (nSPS) is 16.4. The quantitative estimate of drug-likeness (QED) is 0.768. The second-order valence-corrected chi connectivity index (χ2v) is 6.90. The Kier molecular flexibility index (Phi) is 7.80. The average molecular weight is 330 g/mol. The summed E-state index contributed by atoms with van der Waals surface area (Å²) in [7, 11) is 0. The molecule has 4 nitrogen and oxygen atoms in total. The maximum Gasteiger partial charge on any atom is 0.220 e. The van der Waals surface area contributed by atoms with Crippen molar-refractivity contribution in [1.29, 1.82) is 0 Å². The van der Waals surface area contributed by atoms with Crippen molar-refractivity contribution in [3.8, 4) is 0 Å². The van der Waals surface area contributed by atoms with E-state index in [0.29, 0.717) is 6.04 Å². The lowest BCUT2D eigenvalue weighted by Crippen LogP contribution is -2.37. The molecule has 0 unspecified atom stereocenters. The summed E-state index contributed by atoms with van der Waals surface area (Å²) in [6.07, 6.45) is 8.24. The molecule has 2 rings (SSSR count). The molecule has 132 valence electrons. The molecule has 0 spiro atoms. The zero-order valence-electron chi connectivity index (χ0n) is 14.7. The number of carbonyl (C=O) groups excluding carboxylic acids is 2. The molecule has 2 amide bonds. The molecule has 1 aliphatic rings. The molecule has 0 radical (unpaired) electrons. The van der Waals surface area contributed by atoms with Gasteiger partial charge in [0.1, 0.15) is 0 Å². The summed E-state index contributed by atoms with van der Waals surface area (Å²) in [5.74, 6) is -0.0247. The lowest BCUT2D eigenvalue weighted by atomic mass is 9.95. The Morgan fingerprint density at radius 3 is 2.42 bits per heavy atom. The number of hydrogen-bond donors (Lipinski definition) is 2. The summed E-state index contributed by atoms with van der Waals surface area (Å²) in [5.41, 5.74) is 1.28. The highest BCUT2D eigenvalue weighted by Gasteiger charge is 2.16. The molecule has 1 saturated carbocycles. The molecule has 2 N–H and O–H groups in total. The number of benzene rings is 1. The van der Waals surface area contributed by atoms with E-state index in [2.05, 4.69) is 22.8 Å². The Morgan fingerprint density at radius 1 is 1.04 bits per heavy atom. The van der Waals surface area contributed by atoms with Crippen molar-refractivity contribution in [2.24, 2.45) is 0 Å². The molecule has 4 heteroatoms. The molecule has 0 aromatic heterocycles. The molecule has 24 heavy (non-hydrogen) atoms. The largest absolute Gasteiger partial charge is 0.354 e. The minimum Gasteiger partial charge on any atom is -0.354 e. The van der Waals surface area contributed by atoms with Gasteiger partial charge in [-0.3, -0.25) is 9.59 Å². The molecule has 1 aromatic carbocycles. The van der Waals surface area contributed by atoms with Crippen molar-refractivity contribution in [2.45, 2.75) is 76.8 Å². The number of carbonyl (C=O) groups is 2. The van der Waals surface area contributed by atoms with Crippen LogP contribution >= 0.6 is 0 Å². The van der Waals surface area contributed by atoms with Gasteiger partial charge in [0.15, 0.2) is 0 Å². The van der Waals surface area contributed by atoms with E-state index in [4.69, 9.17) is 0 Å². The van der Waals surface area contributed by atoms with Crippen LogP contribution in [0.2, 0.25) is 0 Å². The Balaban J connectivity index is 1.58. The van der Waals surface area contributed by atoms with Gasteiger partial charge in [-0.15, -0.1) is 0 Å². The zero-order chi connectivity index (χ0) is 17.2. The second-order valence-electron chi connectivity index (χ2n) is 6.90. The Hall–Kier alpha value is -1.84. The number of amides is 2. The number of hydrogen-bond acceptors (Lipinski definition) is 2. The van der Waals surface area contributed by atoms with E-state index in [1.165, 1.54) is 24.8 Å². The van der Waals surface area contributed by atoms with Crippen LogP contribution in [-0.4, -0.2) is 23.9 Å². The van der Waals surface area contributed by atoms with E-state index in [1.54, 1.807) is 0 Å². The van der Waals surface area contributed by atoms with Crippen LogP contribution in [0.3, 0.4) is 0 Å². The SMILES string of the molecule is C[C@@H](CCc1ccccc1)NC(=O)CCC(=O)NC1CCCCC1. The summed E-state index contributed by atoms with van der Waals surface area (Å²) >= 11 is 0. The van der Waals surface area contributed by atoms with Gasteiger partial charge in [-0.2, -0.15) is 0 Å². The Bertz CT molecular complexity index is 510. The van der Waals surface area contributed by atoms with Gasteiger partial charge in [-0.25, -0.2) is 0 Å². The fourth-order valence-corrected chi connectivity index (χ4v) is 3.22. The maximum absolute atomic E-state index is 12.0. The molecular weight excluding hydrogens is 300 g/mol. The Morgan fingerprint density at radius 2 is 1.71 bits per heavy atom. The number of nitrogens with one attached hydrogen (secondary N) is 2. The first-order valence-electron chi connectivity index (χ1n) is 9.26. The van der Waals surface area contributed by atoms with E-state index >= 15 is 0 Å². The van der Waals surface area contributed by atoms with Crippen LogP contribution in [0.5, 0.6) is 0 Å². The van der Waals surface area contributed by atoms with Gasteiger partial charge in [-0.05, 0) is 38.2 Å². The van der Waals surface area contributed by atoms with Crippen molar-refractivity contribution >= 4 is 11.8 Å². The monoisotopic (exact) mass is 330 g/mol. The van der Waals surface area contributed by atoms with Crippen LogP contribution < -0.4 is 10.6 Å². The van der Waals surface area contributed by atoms with Crippen LogP contribution in [0.1, 0.15) is 63.9 Å². The van der Waals surface area contributed by atoms with Crippen LogP contribution in [0, 0.1) is 0 Å². The first kappa shape index (κ1) is 18.5. The molecule has 1 aromatic rings. The molecule has 0 aliphatic heterocycles. The van der Waals surface area contributed by atoms with E-state index in [9.17, 15) is 9.59 Å². The lowest BCUT2D eigenvalue weighted by Gasteiger charge is -2.22.